The van der Waals surface area contributed by atoms with Crippen molar-refractivity contribution in [1.82, 2.24) is 20.1 Å². The number of alkyl halides is 3. The standard InChI is InChI=1S/C19H17ClF3N5O2/c1-25-16(29)4-2-3-15-11(8-24)17-12(9-26-15)18(30)28(27-17)10-5-6-14(20)13(7-10)19(21,22)23/h5-9,24,27H,2-4H2,1H3,(H,25,29). The molecule has 3 aromatic rings. The molecule has 0 fully saturated rings. The average Bonchev–Trinajstić information content (AvgIpc) is 3.03. The van der Waals surface area contributed by atoms with Gasteiger partial charge in [0.05, 0.1) is 32.9 Å². The van der Waals surface area contributed by atoms with Crippen molar-refractivity contribution in [3.8, 4) is 5.69 Å². The highest BCUT2D eigenvalue weighted by Crippen LogP contribution is 2.35. The van der Waals surface area contributed by atoms with Crippen LogP contribution in [0, 0.1) is 5.41 Å². The van der Waals surface area contributed by atoms with Crippen LogP contribution in [0.2, 0.25) is 5.02 Å². The van der Waals surface area contributed by atoms with Gasteiger partial charge in [0.15, 0.2) is 0 Å². The molecule has 3 rings (SSSR count). The molecule has 0 saturated carbocycles. The molecule has 0 atom stereocenters. The molecule has 1 aromatic carbocycles. The first-order valence-corrected chi connectivity index (χ1v) is 9.26. The van der Waals surface area contributed by atoms with Crippen LogP contribution in [0.5, 0.6) is 0 Å². The number of aromatic amines is 1. The van der Waals surface area contributed by atoms with Crippen LogP contribution in [0.25, 0.3) is 16.6 Å². The van der Waals surface area contributed by atoms with Crippen LogP contribution in [0.3, 0.4) is 0 Å². The Bertz CT molecular complexity index is 1180. The van der Waals surface area contributed by atoms with Crippen molar-refractivity contribution >= 4 is 34.6 Å². The fourth-order valence-electron chi connectivity index (χ4n) is 3.08. The fraction of sp³-hybridized carbons (Fsp3) is 0.263. The van der Waals surface area contributed by atoms with E-state index >= 15 is 0 Å². The number of aromatic nitrogens is 3. The van der Waals surface area contributed by atoms with Crippen molar-refractivity contribution < 1.29 is 18.0 Å². The highest BCUT2D eigenvalue weighted by Gasteiger charge is 2.33. The molecule has 158 valence electrons. The van der Waals surface area contributed by atoms with Gasteiger partial charge < -0.3 is 10.7 Å². The Kier molecular flexibility index (Phi) is 5.97. The van der Waals surface area contributed by atoms with Crippen LogP contribution in [0.15, 0.2) is 29.2 Å². The number of H-pyrrole nitrogens is 1. The monoisotopic (exact) mass is 439 g/mol. The Hall–Kier alpha value is -3.14. The first-order chi connectivity index (χ1) is 14.2. The topological polar surface area (TPSA) is 104 Å². The summed E-state index contributed by atoms with van der Waals surface area (Å²) in [5.74, 6) is -0.129. The van der Waals surface area contributed by atoms with E-state index in [2.05, 4.69) is 15.4 Å². The summed E-state index contributed by atoms with van der Waals surface area (Å²) in [6.45, 7) is 0. The predicted molar refractivity (Wildman–Crippen MR) is 107 cm³/mol. The van der Waals surface area contributed by atoms with Crippen molar-refractivity contribution in [2.45, 2.75) is 25.4 Å². The SMILES string of the molecule is CNC(=O)CCCc1ncc2c(=O)n(-c3ccc(Cl)c(C(F)(F)F)c3)[nH]c2c1C=N. The Morgan fingerprint density at radius 3 is 2.77 bits per heavy atom. The molecule has 0 spiro atoms. The highest BCUT2D eigenvalue weighted by atomic mass is 35.5. The molecular formula is C19H17ClF3N5O2. The van der Waals surface area contributed by atoms with Crippen molar-refractivity contribution in [1.29, 1.82) is 5.41 Å². The molecule has 3 N–H and O–H groups in total. The van der Waals surface area contributed by atoms with E-state index in [1.807, 2.05) is 0 Å². The lowest BCUT2D eigenvalue weighted by Crippen LogP contribution is -2.17. The molecule has 2 aromatic heterocycles. The van der Waals surface area contributed by atoms with E-state index in [1.165, 1.54) is 19.3 Å². The van der Waals surface area contributed by atoms with Gasteiger partial charge in [-0.15, -0.1) is 0 Å². The zero-order valence-corrected chi connectivity index (χ0v) is 16.5. The third-order valence-corrected chi connectivity index (χ3v) is 4.94. The predicted octanol–water partition coefficient (Wildman–Crippen LogP) is 3.45. The Balaban J connectivity index is 2.07. The van der Waals surface area contributed by atoms with Gasteiger partial charge in [-0.25, -0.2) is 4.68 Å². The minimum absolute atomic E-state index is 0.0509. The summed E-state index contributed by atoms with van der Waals surface area (Å²) in [4.78, 5) is 28.3. The van der Waals surface area contributed by atoms with Gasteiger partial charge >= 0.3 is 6.18 Å². The summed E-state index contributed by atoms with van der Waals surface area (Å²) in [5, 5.41) is 12.6. The summed E-state index contributed by atoms with van der Waals surface area (Å²) in [6, 6.07) is 3.13. The molecular weight excluding hydrogens is 423 g/mol. The van der Waals surface area contributed by atoms with Crippen molar-refractivity contribution in [3.05, 3.63) is 56.6 Å². The number of fused-ring (bicyclic) bond motifs is 1. The second-order valence-corrected chi connectivity index (χ2v) is 6.90. The Morgan fingerprint density at radius 1 is 1.40 bits per heavy atom. The van der Waals surface area contributed by atoms with E-state index in [4.69, 9.17) is 17.0 Å². The maximum absolute atomic E-state index is 13.2. The quantitative estimate of drug-likeness (QED) is 0.512. The minimum atomic E-state index is -4.68. The second kappa shape index (κ2) is 8.31. The average molecular weight is 440 g/mol. The Labute approximate surface area is 173 Å². The highest BCUT2D eigenvalue weighted by molar-refractivity contribution is 6.31. The van der Waals surface area contributed by atoms with Gasteiger partial charge in [0.1, 0.15) is 0 Å². The molecule has 11 heteroatoms. The lowest BCUT2D eigenvalue weighted by molar-refractivity contribution is -0.137. The first kappa shape index (κ1) is 21.6. The molecule has 0 saturated heterocycles. The molecule has 7 nitrogen and oxygen atoms in total. The molecule has 0 radical (unpaired) electrons. The number of amides is 1. The largest absolute Gasteiger partial charge is 0.417 e. The van der Waals surface area contributed by atoms with Crippen LogP contribution in [0.1, 0.15) is 29.7 Å². The lowest BCUT2D eigenvalue weighted by Gasteiger charge is -2.11. The van der Waals surface area contributed by atoms with Gasteiger partial charge in [-0.05, 0) is 31.0 Å². The summed E-state index contributed by atoms with van der Waals surface area (Å²) < 4.78 is 40.5. The van der Waals surface area contributed by atoms with Crippen LogP contribution < -0.4 is 10.9 Å². The van der Waals surface area contributed by atoms with Gasteiger partial charge in [-0.3, -0.25) is 19.7 Å². The molecule has 2 heterocycles. The zero-order chi connectivity index (χ0) is 22.1. The van der Waals surface area contributed by atoms with E-state index in [0.29, 0.717) is 24.1 Å². The lowest BCUT2D eigenvalue weighted by atomic mass is 10.1. The number of hydrogen-bond acceptors (Lipinski definition) is 4. The summed E-state index contributed by atoms with van der Waals surface area (Å²) >= 11 is 5.65. The smallest absolute Gasteiger partial charge is 0.359 e. The normalized spacial score (nSPS) is 11.6. The van der Waals surface area contributed by atoms with Gasteiger partial charge in [0.2, 0.25) is 5.91 Å². The number of hydrogen-bond donors (Lipinski definition) is 3. The summed E-state index contributed by atoms with van der Waals surface area (Å²) in [5.41, 5.74) is -0.596. The van der Waals surface area contributed by atoms with Gasteiger partial charge in [-0.1, -0.05) is 11.6 Å². The van der Waals surface area contributed by atoms with Gasteiger partial charge in [-0.2, -0.15) is 13.2 Å². The fourth-order valence-corrected chi connectivity index (χ4v) is 3.30. The van der Waals surface area contributed by atoms with Crippen molar-refractivity contribution in [2.75, 3.05) is 7.05 Å². The van der Waals surface area contributed by atoms with E-state index in [9.17, 15) is 22.8 Å². The van der Waals surface area contributed by atoms with E-state index in [1.54, 1.807) is 0 Å². The van der Waals surface area contributed by atoms with Crippen LogP contribution in [-0.4, -0.2) is 33.9 Å². The number of pyridine rings is 1. The first-order valence-electron chi connectivity index (χ1n) is 8.88. The molecule has 0 bridgehead atoms. The summed E-state index contributed by atoms with van der Waals surface area (Å²) in [7, 11) is 1.53. The number of carbonyl (C=O) groups is 1. The van der Waals surface area contributed by atoms with Crippen molar-refractivity contribution in [2.24, 2.45) is 0 Å². The number of nitrogens with one attached hydrogen (secondary N) is 3. The molecule has 0 unspecified atom stereocenters. The Morgan fingerprint density at radius 2 is 2.13 bits per heavy atom. The maximum atomic E-state index is 13.2. The number of aryl methyl sites for hydroxylation is 1. The molecule has 1 amide bonds. The van der Waals surface area contributed by atoms with E-state index in [0.717, 1.165) is 23.0 Å². The third-order valence-electron chi connectivity index (χ3n) is 4.61. The number of nitrogens with zero attached hydrogens (tertiary/aromatic N) is 2. The van der Waals surface area contributed by atoms with Gasteiger partial charge in [0, 0.05) is 31.4 Å². The van der Waals surface area contributed by atoms with Crippen LogP contribution in [0.4, 0.5) is 13.2 Å². The van der Waals surface area contributed by atoms with Crippen molar-refractivity contribution in [3.63, 3.8) is 0 Å². The second-order valence-electron chi connectivity index (χ2n) is 6.49. The molecule has 0 aliphatic rings. The zero-order valence-electron chi connectivity index (χ0n) is 15.7. The molecule has 0 aliphatic carbocycles. The number of carbonyl (C=O) groups excluding carboxylic acids is 1. The van der Waals surface area contributed by atoms with Crippen LogP contribution >= 0.6 is 11.6 Å². The number of rotatable bonds is 6. The maximum Gasteiger partial charge on any atom is 0.417 e. The number of halogens is 4. The number of benzene rings is 1. The third kappa shape index (κ3) is 4.09. The summed E-state index contributed by atoms with van der Waals surface area (Å²) in [6.07, 6.45) is -1.20. The van der Waals surface area contributed by atoms with E-state index < -0.39 is 22.3 Å². The van der Waals surface area contributed by atoms with E-state index in [-0.39, 0.29) is 28.9 Å². The molecule has 0 aliphatic heterocycles. The van der Waals surface area contributed by atoms with Gasteiger partial charge in [0.25, 0.3) is 5.56 Å². The van der Waals surface area contributed by atoms with Crippen LogP contribution in [-0.2, 0) is 17.4 Å². The molecule has 30 heavy (non-hydrogen) atoms. The minimum Gasteiger partial charge on any atom is -0.359 e.